The molecule has 0 aromatic rings. The van der Waals surface area contributed by atoms with Gasteiger partial charge in [-0.15, -0.1) is 0 Å². The SMILES string of the molecule is CC(C)(C)OC(=O)N1CCCC(N)C12CCOCC2. The van der Waals surface area contributed by atoms with Crippen molar-refractivity contribution < 1.29 is 14.3 Å². The van der Waals surface area contributed by atoms with Crippen molar-refractivity contribution in [1.82, 2.24) is 4.90 Å². The Labute approximate surface area is 115 Å². The van der Waals surface area contributed by atoms with Crippen LogP contribution in [-0.4, -0.2) is 47.9 Å². The van der Waals surface area contributed by atoms with Crippen LogP contribution in [0.3, 0.4) is 0 Å². The third-order valence-corrected chi connectivity index (χ3v) is 4.10. The van der Waals surface area contributed by atoms with Gasteiger partial charge in [-0.2, -0.15) is 0 Å². The van der Waals surface area contributed by atoms with Crippen molar-refractivity contribution in [2.75, 3.05) is 19.8 Å². The van der Waals surface area contributed by atoms with E-state index in [0.29, 0.717) is 13.2 Å². The molecule has 2 rings (SSSR count). The first-order valence-corrected chi connectivity index (χ1v) is 7.19. The van der Waals surface area contributed by atoms with Gasteiger partial charge in [0.2, 0.25) is 0 Å². The molecule has 2 saturated heterocycles. The molecule has 0 aromatic carbocycles. The molecular formula is C14H26N2O3. The molecule has 2 aliphatic heterocycles. The lowest BCUT2D eigenvalue weighted by atomic mass is 9.76. The summed E-state index contributed by atoms with van der Waals surface area (Å²) >= 11 is 0. The van der Waals surface area contributed by atoms with Gasteiger partial charge in [0.15, 0.2) is 0 Å². The Hall–Kier alpha value is -0.810. The highest BCUT2D eigenvalue weighted by Crippen LogP contribution is 2.36. The van der Waals surface area contributed by atoms with E-state index < -0.39 is 5.60 Å². The van der Waals surface area contributed by atoms with E-state index in [1.807, 2.05) is 25.7 Å². The minimum Gasteiger partial charge on any atom is -0.444 e. The minimum atomic E-state index is -0.467. The van der Waals surface area contributed by atoms with Crippen LogP contribution in [0.15, 0.2) is 0 Å². The molecule has 1 amide bonds. The van der Waals surface area contributed by atoms with E-state index in [-0.39, 0.29) is 17.7 Å². The molecule has 0 aliphatic carbocycles. The lowest BCUT2D eigenvalue weighted by molar-refractivity contribution is -0.0674. The van der Waals surface area contributed by atoms with Gasteiger partial charge >= 0.3 is 6.09 Å². The van der Waals surface area contributed by atoms with Crippen LogP contribution >= 0.6 is 0 Å². The molecule has 1 atom stereocenters. The van der Waals surface area contributed by atoms with E-state index in [9.17, 15) is 4.79 Å². The zero-order valence-corrected chi connectivity index (χ0v) is 12.3. The summed E-state index contributed by atoms with van der Waals surface area (Å²) in [7, 11) is 0. The first kappa shape index (κ1) is 14.6. The Morgan fingerprint density at radius 3 is 2.58 bits per heavy atom. The van der Waals surface area contributed by atoms with Gasteiger partial charge < -0.3 is 20.1 Å². The molecule has 0 radical (unpaired) electrons. The molecule has 0 saturated carbocycles. The molecule has 2 N–H and O–H groups in total. The number of amides is 1. The second-order valence-electron chi connectivity index (χ2n) is 6.60. The molecule has 2 aliphatic rings. The number of carbonyl (C=O) groups is 1. The lowest BCUT2D eigenvalue weighted by Crippen LogP contribution is -2.67. The Bertz CT molecular complexity index is 332. The summed E-state index contributed by atoms with van der Waals surface area (Å²) in [6.07, 6.45) is 3.31. The fourth-order valence-electron chi connectivity index (χ4n) is 3.12. The first-order valence-electron chi connectivity index (χ1n) is 7.19. The summed E-state index contributed by atoms with van der Waals surface area (Å²) in [5.74, 6) is 0. The van der Waals surface area contributed by atoms with Gasteiger partial charge in [0.05, 0.1) is 5.54 Å². The van der Waals surface area contributed by atoms with Gasteiger partial charge in [-0.3, -0.25) is 0 Å². The molecule has 5 nitrogen and oxygen atoms in total. The number of hydrogen-bond acceptors (Lipinski definition) is 4. The van der Waals surface area contributed by atoms with Gasteiger partial charge in [-0.1, -0.05) is 0 Å². The monoisotopic (exact) mass is 270 g/mol. The van der Waals surface area contributed by atoms with Gasteiger partial charge in [0, 0.05) is 25.8 Å². The molecule has 0 bridgehead atoms. The normalized spacial score (nSPS) is 27.4. The fourth-order valence-corrected chi connectivity index (χ4v) is 3.12. The third kappa shape index (κ3) is 3.03. The summed E-state index contributed by atoms with van der Waals surface area (Å²) in [5, 5.41) is 0. The largest absolute Gasteiger partial charge is 0.444 e. The van der Waals surface area contributed by atoms with Crippen LogP contribution in [0, 0.1) is 0 Å². The minimum absolute atomic E-state index is 0.0256. The standard InChI is InChI=1S/C14H26N2O3/c1-13(2,3)19-12(17)16-8-4-5-11(15)14(16)6-9-18-10-7-14/h11H,4-10,15H2,1-3H3. The highest BCUT2D eigenvalue weighted by molar-refractivity contribution is 5.69. The number of hydrogen-bond donors (Lipinski definition) is 1. The molecule has 5 heteroatoms. The molecule has 19 heavy (non-hydrogen) atoms. The molecule has 2 fully saturated rings. The summed E-state index contributed by atoms with van der Waals surface area (Å²) in [5.41, 5.74) is 5.60. The predicted molar refractivity (Wildman–Crippen MR) is 72.9 cm³/mol. The van der Waals surface area contributed by atoms with Crippen LogP contribution < -0.4 is 5.73 Å². The zero-order chi connectivity index (χ0) is 14.1. The van der Waals surface area contributed by atoms with Crippen LogP contribution in [0.5, 0.6) is 0 Å². The topological polar surface area (TPSA) is 64.8 Å². The molecule has 2 heterocycles. The van der Waals surface area contributed by atoms with Crippen LogP contribution in [-0.2, 0) is 9.47 Å². The number of rotatable bonds is 0. The van der Waals surface area contributed by atoms with E-state index in [4.69, 9.17) is 15.2 Å². The van der Waals surface area contributed by atoms with E-state index in [1.165, 1.54) is 0 Å². The van der Waals surface area contributed by atoms with Crippen molar-refractivity contribution in [3.63, 3.8) is 0 Å². The quantitative estimate of drug-likeness (QED) is 0.730. The van der Waals surface area contributed by atoms with Crippen molar-refractivity contribution in [2.45, 2.75) is 63.6 Å². The van der Waals surface area contributed by atoms with Crippen molar-refractivity contribution in [3.05, 3.63) is 0 Å². The van der Waals surface area contributed by atoms with Crippen LogP contribution in [0.4, 0.5) is 4.79 Å². The molecule has 110 valence electrons. The molecule has 1 spiro atoms. The number of nitrogens with two attached hydrogens (primary N) is 1. The number of nitrogens with zero attached hydrogens (tertiary/aromatic N) is 1. The van der Waals surface area contributed by atoms with Crippen LogP contribution in [0.25, 0.3) is 0 Å². The number of piperidine rings is 1. The Kier molecular flexibility index (Phi) is 4.06. The summed E-state index contributed by atoms with van der Waals surface area (Å²) in [6.45, 7) is 7.77. The number of ether oxygens (including phenoxy) is 2. The second-order valence-corrected chi connectivity index (χ2v) is 6.60. The zero-order valence-electron chi connectivity index (χ0n) is 12.3. The van der Waals surface area contributed by atoms with E-state index >= 15 is 0 Å². The predicted octanol–water partition coefficient (Wildman–Crippen LogP) is 1.89. The van der Waals surface area contributed by atoms with E-state index in [1.54, 1.807) is 0 Å². The highest BCUT2D eigenvalue weighted by atomic mass is 16.6. The van der Waals surface area contributed by atoms with Gasteiger partial charge in [0.25, 0.3) is 0 Å². The average Bonchev–Trinajstić information content (AvgIpc) is 2.32. The Balaban J connectivity index is 2.18. The number of likely N-dealkylation sites (tertiary alicyclic amines) is 1. The van der Waals surface area contributed by atoms with Crippen molar-refractivity contribution >= 4 is 6.09 Å². The van der Waals surface area contributed by atoms with E-state index in [0.717, 1.165) is 32.2 Å². The van der Waals surface area contributed by atoms with Gasteiger partial charge in [0.1, 0.15) is 5.60 Å². The van der Waals surface area contributed by atoms with Crippen molar-refractivity contribution in [2.24, 2.45) is 5.73 Å². The first-order chi connectivity index (χ1) is 8.85. The van der Waals surface area contributed by atoms with Gasteiger partial charge in [-0.25, -0.2) is 4.79 Å². The summed E-state index contributed by atoms with van der Waals surface area (Å²) in [6, 6.07) is 0.0256. The maximum Gasteiger partial charge on any atom is 0.410 e. The lowest BCUT2D eigenvalue weighted by Gasteiger charge is -2.52. The number of carbonyl (C=O) groups excluding carboxylic acids is 1. The summed E-state index contributed by atoms with van der Waals surface area (Å²) < 4.78 is 11.0. The second kappa shape index (κ2) is 5.29. The molecular weight excluding hydrogens is 244 g/mol. The summed E-state index contributed by atoms with van der Waals surface area (Å²) in [4.78, 5) is 14.3. The maximum absolute atomic E-state index is 12.4. The van der Waals surface area contributed by atoms with Crippen LogP contribution in [0.1, 0.15) is 46.5 Å². The average molecular weight is 270 g/mol. The Morgan fingerprint density at radius 2 is 2.00 bits per heavy atom. The molecule has 1 unspecified atom stereocenters. The van der Waals surface area contributed by atoms with Crippen molar-refractivity contribution in [3.8, 4) is 0 Å². The fraction of sp³-hybridized carbons (Fsp3) is 0.929. The highest BCUT2D eigenvalue weighted by Gasteiger charge is 2.48. The smallest absolute Gasteiger partial charge is 0.410 e. The Morgan fingerprint density at radius 1 is 1.37 bits per heavy atom. The van der Waals surface area contributed by atoms with Gasteiger partial charge in [-0.05, 0) is 46.5 Å². The maximum atomic E-state index is 12.4. The third-order valence-electron chi connectivity index (χ3n) is 4.10. The van der Waals surface area contributed by atoms with Crippen LogP contribution in [0.2, 0.25) is 0 Å². The van der Waals surface area contributed by atoms with E-state index in [2.05, 4.69) is 0 Å². The molecule has 0 aromatic heterocycles. The van der Waals surface area contributed by atoms with Crippen molar-refractivity contribution in [1.29, 1.82) is 0 Å².